The number of thiazole rings is 1. The molecule has 24 heavy (non-hydrogen) atoms. The van der Waals surface area contributed by atoms with Crippen molar-refractivity contribution in [1.82, 2.24) is 24.6 Å². The van der Waals surface area contributed by atoms with Crippen LogP contribution in [-0.4, -0.2) is 43.8 Å². The average Bonchev–Trinajstić information content (AvgIpc) is 3.24. The smallest absolute Gasteiger partial charge is 0.323 e. The molecule has 1 saturated heterocycles. The summed E-state index contributed by atoms with van der Waals surface area (Å²) in [7, 11) is 0. The molecule has 1 atom stereocenters. The highest BCUT2D eigenvalue weighted by Gasteiger charge is 2.28. The number of rotatable bonds is 5. The molecule has 1 aliphatic heterocycles. The Morgan fingerprint density at radius 2 is 2.33 bits per heavy atom. The van der Waals surface area contributed by atoms with Gasteiger partial charge in [-0.05, 0) is 26.2 Å². The molecule has 7 nitrogen and oxygen atoms in total. The fourth-order valence-electron chi connectivity index (χ4n) is 3.09. The third-order valence-corrected chi connectivity index (χ3v) is 5.30. The molecule has 0 radical (unpaired) electrons. The summed E-state index contributed by atoms with van der Waals surface area (Å²) < 4.78 is 2.06. The van der Waals surface area contributed by atoms with Crippen LogP contribution in [0.5, 0.6) is 0 Å². The first kappa shape index (κ1) is 16.9. The number of urea groups is 1. The highest BCUT2D eigenvalue weighted by atomic mass is 32.1. The fourth-order valence-corrected chi connectivity index (χ4v) is 4.00. The van der Waals surface area contributed by atoms with Gasteiger partial charge in [0.2, 0.25) is 0 Å². The van der Waals surface area contributed by atoms with Gasteiger partial charge in [-0.25, -0.2) is 9.78 Å². The molecule has 2 amide bonds. The number of amides is 2. The van der Waals surface area contributed by atoms with Gasteiger partial charge in [0.25, 0.3) is 0 Å². The summed E-state index contributed by atoms with van der Waals surface area (Å²) in [5.41, 5.74) is 0. The minimum atomic E-state index is -0.0698. The van der Waals surface area contributed by atoms with Crippen LogP contribution in [0.4, 0.5) is 9.93 Å². The molecular formula is C16H24N6OS. The van der Waals surface area contributed by atoms with Crippen molar-refractivity contribution >= 4 is 22.5 Å². The number of carbonyl (C=O) groups is 1. The van der Waals surface area contributed by atoms with Gasteiger partial charge in [-0.3, -0.25) is 5.32 Å². The van der Waals surface area contributed by atoms with Crippen LogP contribution in [0.25, 0.3) is 0 Å². The maximum absolute atomic E-state index is 12.5. The molecule has 130 valence electrons. The predicted molar refractivity (Wildman–Crippen MR) is 94.4 cm³/mol. The van der Waals surface area contributed by atoms with E-state index < -0.39 is 0 Å². The molecule has 0 aromatic carbocycles. The van der Waals surface area contributed by atoms with E-state index in [4.69, 9.17) is 0 Å². The molecular weight excluding hydrogens is 324 g/mol. The van der Waals surface area contributed by atoms with E-state index in [-0.39, 0.29) is 11.9 Å². The van der Waals surface area contributed by atoms with Gasteiger partial charge < -0.3 is 9.47 Å². The molecule has 3 heterocycles. The number of hydrogen-bond donors (Lipinski definition) is 1. The van der Waals surface area contributed by atoms with E-state index in [9.17, 15) is 4.79 Å². The fraction of sp³-hybridized carbons (Fsp3) is 0.625. The summed E-state index contributed by atoms with van der Waals surface area (Å²) in [5, 5.41) is 11.9. The first-order valence-electron chi connectivity index (χ1n) is 8.59. The SMILES string of the molecule is CCCc1cnc(NC(=O)N2CCC[C@@H](c3nncn3CC)C2)s1. The van der Waals surface area contributed by atoms with E-state index >= 15 is 0 Å². The Bertz CT molecular complexity index is 682. The molecule has 3 rings (SSSR count). The third-order valence-electron chi connectivity index (χ3n) is 4.32. The van der Waals surface area contributed by atoms with Gasteiger partial charge >= 0.3 is 6.03 Å². The van der Waals surface area contributed by atoms with Crippen molar-refractivity contribution in [3.63, 3.8) is 0 Å². The first-order chi connectivity index (χ1) is 11.7. The van der Waals surface area contributed by atoms with Crippen molar-refractivity contribution in [3.8, 4) is 0 Å². The van der Waals surface area contributed by atoms with Crippen LogP contribution in [0.2, 0.25) is 0 Å². The molecule has 1 N–H and O–H groups in total. The zero-order chi connectivity index (χ0) is 16.9. The van der Waals surface area contributed by atoms with Gasteiger partial charge in [-0.2, -0.15) is 0 Å². The summed E-state index contributed by atoms with van der Waals surface area (Å²) in [4.78, 5) is 19.9. The van der Waals surface area contributed by atoms with E-state index in [0.29, 0.717) is 11.7 Å². The molecule has 0 spiro atoms. The van der Waals surface area contributed by atoms with E-state index in [1.807, 2.05) is 11.1 Å². The highest BCUT2D eigenvalue weighted by molar-refractivity contribution is 7.15. The van der Waals surface area contributed by atoms with E-state index in [1.54, 1.807) is 17.7 Å². The number of anilines is 1. The zero-order valence-electron chi connectivity index (χ0n) is 14.2. The van der Waals surface area contributed by atoms with Crippen LogP contribution in [0, 0.1) is 0 Å². The average molecular weight is 348 g/mol. The van der Waals surface area contributed by atoms with Crippen LogP contribution >= 0.6 is 11.3 Å². The Morgan fingerprint density at radius 1 is 1.46 bits per heavy atom. The summed E-state index contributed by atoms with van der Waals surface area (Å²) in [6.45, 7) is 6.52. The number of nitrogens with one attached hydrogen (secondary N) is 1. The maximum atomic E-state index is 12.5. The summed E-state index contributed by atoms with van der Waals surface area (Å²) in [6.07, 6.45) is 7.73. The van der Waals surface area contributed by atoms with Crippen molar-refractivity contribution < 1.29 is 4.79 Å². The molecule has 2 aromatic rings. The van der Waals surface area contributed by atoms with Crippen molar-refractivity contribution in [2.75, 3.05) is 18.4 Å². The molecule has 0 bridgehead atoms. The quantitative estimate of drug-likeness (QED) is 0.901. The maximum Gasteiger partial charge on any atom is 0.323 e. The predicted octanol–water partition coefficient (Wildman–Crippen LogP) is 3.12. The van der Waals surface area contributed by atoms with Crippen LogP contribution < -0.4 is 5.32 Å². The Labute approximate surface area is 146 Å². The number of piperidine rings is 1. The molecule has 0 unspecified atom stereocenters. The van der Waals surface area contributed by atoms with Crippen LogP contribution in [0.3, 0.4) is 0 Å². The Balaban J connectivity index is 1.62. The number of aryl methyl sites for hydroxylation is 2. The monoisotopic (exact) mass is 348 g/mol. The molecule has 1 aliphatic rings. The molecule has 1 fully saturated rings. The number of hydrogen-bond acceptors (Lipinski definition) is 5. The molecule has 8 heteroatoms. The normalized spacial score (nSPS) is 17.9. The van der Waals surface area contributed by atoms with Crippen LogP contribution in [0.1, 0.15) is 49.7 Å². The van der Waals surface area contributed by atoms with Crippen molar-refractivity contribution in [2.24, 2.45) is 0 Å². The number of nitrogens with zero attached hydrogens (tertiary/aromatic N) is 5. The van der Waals surface area contributed by atoms with E-state index in [2.05, 4.69) is 38.9 Å². The van der Waals surface area contributed by atoms with Gasteiger partial charge in [0, 0.05) is 36.6 Å². The zero-order valence-corrected chi connectivity index (χ0v) is 15.1. The molecule has 2 aromatic heterocycles. The number of aromatic nitrogens is 4. The second-order valence-electron chi connectivity index (χ2n) is 6.07. The lowest BCUT2D eigenvalue weighted by Gasteiger charge is -2.32. The standard InChI is InChI=1S/C16H24N6OS/c1-3-6-13-9-17-15(24-13)19-16(23)22-8-5-7-12(10-22)14-20-18-11-21(14)4-2/h9,11-12H,3-8,10H2,1-2H3,(H,17,19,23)/t12-/m1/s1. The Kier molecular flexibility index (Phi) is 5.44. The van der Waals surface area contributed by atoms with Gasteiger partial charge in [0.15, 0.2) is 5.13 Å². The number of likely N-dealkylation sites (tertiary alicyclic amines) is 1. The van der Waals surface area contributed by atoms with E-state index in [1.165, 1.54) is 4.88 Å². The van der Waals surface area contributed by atoms with Gasteiger partial charge in [0.05, 0.1) is 0 Å². The topological polar surface area (TPSA) is 75.9 Å². The largest absolute Gasteiger partial charge is 0.324 e. The van der Waals surface area contributed by atoms with E-state index in [0.717, 1.165) is 44.6 Å². The van der Waals surface area contributed by atoms with Gasteiger partial charge in [0.1, 0.15) is 12.2 Å². The number of carbonyl (C=O) groups excluding carboxylic acids is 1. The van der Waals surface area contributed by atoms with Gasteiger partial charge in [-0.1, -0.05) is 13.3 Å². The minimum absolute atomic E-state index is 0.0698. The second kappa shape index (κ2) is 7.74. The highest BCUT2D eigenvalue weighted by Crippen LogP contribution is 2.26. The lowest BCUT2D eigenvalue weighted by molar-refractivity contribution is 0.190. The summed E-state index contributed by atoms with van der Waals surface area (Å²) >= 11 is 1.56. The lowest BCUT2D eigenvalue weighted by Crippen LogP contribution is -2.42. The molecule has 0 aliphatic carbocycles. The van der Waals surface area contributed by atoms with Crippen molar-refractivity contribution in [3.05, 3.63) is 23.2 Å². The lowest BCUT2D eigenvalue weighted by atomic mass is 9.97. The Morgan fingerprint density at radius 3 is 3.12 bits per heavy atom. The summed E-state index contributed by atoms with van der Waals surface area (Å²) in [6, 6.07) is -0.0698. The molecule has 0 saturated carbocycles. The first-order valence-corrected chi connectivity index (χ1v) is 9.41. The second-order valence-corrected chi connectivity index (χ2v) is 7.19. The summed E-state index contributed by atoms with van der Waals surface area (Å²) in [5.74, 6) is 1.23. The van der Waals surface area contributed by atoms with Crippen LogP contribution in [-0.2, 0) is 13.0 Å². The van der Waals surface area contributed by atoms with Crippen LogP contribution in [0.15, 0.2) is 12.5 Å². The Hall–Kier alpha value is -1.96. The van der Waals surface area contributed by atoms with Crippen molar-refractivity contribution in [1.29, 1.82) is 0 Å². The third kappa shape index (κ3) is 3.75. The minimum Gasteiger partial charge on any atom is -0.324 e. The van der Waals surface area contributed by atoms with Gasteiger partial charge in [-0.15, -0.1) is 21.5 Å². The van der Waals surface area contributed by atoms with Crippen molar-refractivity contribution in [2.45, 2.75) is 52.0 Å².